The summed E-state index contributed by atoms with van der Waals surface area (Å²) in [4.78, 5) is 35.7. The summed E-state index contributed by atoms with van der Waals surface area (Å²) in [6.07, 6.45) is 0. The number of nitrogens with one attached hydrogen (secondary N) is 2. The lowest BCUT2D eigenvalue weighted by Crippen LogP contribution is -2.37. The van der Waals surface area contributed by atoms with Gasteiger partial charge in [-0.1, -0.05) is 12.1 Å². The van der Waals surface area contributed by atoms with Gasteiger partial charge in [0.15, 0.2) is 6.61 Å². The molecule has 0 saturated heterocycles. The zero-order chi connectivity index (χ0) is 20.0. The van der Waals surface area contributed by atoms with Gasteiger partial charge in [0.1, 0.15) is 5.75 Å². The van der Waals surface area contributed by atoms with Gasteiger partial charge in [0.25, 0.3) is 5.91 Å². The van der Waals surface area contributed by atoms with Crippen LogP contribution in [0.25, 0.3) is 0 Å². The lowest BCUT2D eigenvalue weighted by Gasteiger charge is -2.10. The number of esters is 1. The SMILES string of the molecule is COc1cc(C(=O)OCC(=O)NC(=O)Nc2ccc(C)c(C)c2)ccc1C. The van der Waals surface area contributed by atoms with Crippen LogP contribution in [0, 0.1) is 20.8 Å². The van der Waals surface area contributed by atoms with E-state index in [0.717, 1.165) is 16.7 Å². The molecule has 0 unspecified atom stereocenters. The number of carbonyl (C=O) groups excluding carboxylic acids is 3. The molecule has 0 atom stereocenters. The Morgan fingerprint density at radius 2 is 1.63 bits per heavy atom. The van der Waals surface area contributed by atoms with Crippen molar-refractivity contribution in [2.45, 2.75) is 20.8 Å². The van der Waals surface area contributed by atoms with Crippen LogP contribution < -0.4 is 15.4 Å². The molecule has 0 radical (unpaired) electrons. The van der Waals surface area contributed by atoms with E-state index in [1.807, 2.05) is 26.8 Å². The topological polar surface area (TPSA) is 93.7 Å². The van der Waals surface area contributed by atoms with Crippen LogP contribution in [0.4, 0.5) is 10.5 Å². The number of urea groups is 1. The number of benzene rings is 2. The van der Waals surface area contributed by atoms with Crippen LogP contribution in [0.1, 0.15) is 27.0 Å². The van der Waals surface area contributed by atoms with Crippen LogP contribution in [-0.2, 0) is 9.53 Å². The fourth-order valence-corrected chi connectivity index (χ4v) is 2.31. The zero-order valence-electron chi connectivity index (χ0n) is 15.7. The van der Waals surface area contributed by atoms with E-state index in [-0.39, 0.29) is 5.56 Å². The first kappa shape index (κ1) is 20.0. The minimum Gasteiger partial charge on any atom is -0.496 e. The smallest absolute Gasteiger partial charge is 0.338 e. The van der Waals surface area contributed by atoms with E-state index in [1.165, 1.54) is 13.2 Å². The van der Waals surface area contributed by atoms with Gasteiger partial charge in [0.2, 0.25) is 0 Å². The quantitative estimate of drug-likeness (QED) is 0.789. The summed E-state index contributed by atoms with van der Waals surface area (Å²) in [5, 5.41) is 4.66. The maximum atomic E-state index is 12.0. The molecule has 2 rings (SSSR count). The van der Waals surface area contributed by atoms with Crippen LogP contribution >= 0.6 is 0 Å². The summed E-state index contributed by atoms with van der Waals surface area (Å²) in [6.45, 7) is 5.15. The number of anilines is 1. The van der Waals surface area contributed by atoms with Crippen molar-refractivity contribution in [3.8, 4) is 5.75 Å². The Hall–Kier alpha value is -3.35. The molecule has 0 aromatic heterocycles. The molecule has 2 aromatic carbocycles. The summed E-state index contributed by atoms with van der Waals surface area (Å²) >= 11 is 0. The number of carbonyl (C=O) groups is 3. The summed E-state index contributed by atoms with van der Waals surface area (Å²) in [6, 6.07) is 9.52. The number of methoxy groups -OCH3 is 1. The standard InChI is InChI=1S/C20H22N2O5/c1-12-6-8-16(9-14(12)3)21-20(25)22-18(23)11-27-19(24)15-7-5-13(2)17(10-15)26-4/h5-10H,11H2,1-4H3,(H2,21,22,23,25). The Labute approximate surface area is 157 Å². The third-order valence-corrected chi connectivity index (χ3v) is 4.00. The van der Waals surface area contributed by atoms with Crippen molar-refractivity contribution in [1.29, 1.82) is 0 Å². The number of hydrogen-bond acceptors (Lipinski definition) is 5. The van der Waals surface area contributed by atoms with Gasteiger partial charge in [-0.05, 0) is 61.7 Å². The molecule has 7 heteroatoms. The zero-order valence-corrected chi connectivity index (χ0v) is 15.7. The first-order valence-corrected chi connectivity index (χ1v) is 8.30. The molecule has 0 aliphatic rings. The minimum atomic E-state index is -0.733. The Balaban J connectivity index is 1.85. The van der Waals surface area contributed by atoms with Gasteiger partial charge in [-0.3, -0.25) is 10.1 Å². The molecular weight excluding hydrogens is 348 g/mol. The van der Waals surface area contributed by atoms with Crippen molar-refractivity contribution in [3.05, 3.63) is 58.7 Å². The molecule has 7 nitrogen and oxygen atoms in total. The Morgan fingerprint density at radius 1 is 0.926 bits per heavy atom. The van der Waals surface area contributed by atoms with Crippen molar-refractivity contribution >= 4 is 23.6 Å². The van der Waals surface area contributed by atoms with Crippen LogP contribution in [0.15, 0.2) is 36.4 Å². The Morgan fingerprint density at radius 3 is 2.30 bits per heavy atom. The van der Waals surface area contributed by atoms with E-state index in [2.05, 4.69) is 10.6 Å². The molecule has 0 aliphatic heterocycles. The minimum absolute atomic E-state index is 0.254. The molecule has 0 heterocycles. The predicted molar refractivity (Wildman–Crippen MR) is 101 cm³/mol. The largest absolute Gasteiger partial charge is 0.496 e. The summed E-state index contributed by atoms with van der Waals surface area (Å²) < 4.78 is 10.1. The van der Waals surface area contributed by atoms with Crippen molar-refractivity contribution in [2.75, 3.05) is 19.0 Å². The summed E-state index contributed by atoms with van der Waals surface area (Å²) in [5.74, 6) is -0.872. The Bertz CT molecular complexity index is 877. The first-order valence-electron chi connectivity index (χ1n) is 8.30. The predicted octanol–water partition coefficient (Wildman–Crippen LogP) is 3.13. The van der Waals surface area contributed by atoms with Crippen molar-refractivity contribution in [3.63, 3.8) is 0 Å². The summed E-state index contributed by atoms with van der Waals surface area (Å²) in [7, 11) is 1.50. The third-order valence-electron chi connectivity index (χ3n) is 4.00. The number of imide groups is 1. The first-order chi connectivity index (χ1) is 12.8. The van der Waals surface area contributed by atoms with E-state index in [4.69, 9.17) is 9.47 Å². The molecule has 2 N–H and O–H groups in total. The van der Waals surface area contributed by atoms with Crippen molar-refractivity contribution < 1.29 is 23.9 Å². The highest BCUT2D eigenvalue weighted by molar-refractivity contribution is 6.02. The Kier molecular flexibility index (Phi) is 6.54. The molecule has 3 amide bonds. The monoisotopic (exact) mass is 370 g/mol. The molecule has 0 aliphatic carbocycles. The number of aryl methyl sites for hydroxylation is 3. The van der Waals surface area contributed by atoms with Gasteiger partial charge in [0.05, 0.1) is 12.7 Å². The van der Waals surface area contributed by atoms with Gasteiger partial charge in [-0.2, -0.15) is 0 Å². The molecule has 2 aromatic rings. The number of ether oxygens (including phenoxy) is 2. The van der Waals surface area contributed by atoms with Crippen molar-refractivity contribution in [1.82, 2.24) is 5.32 Å². The fraction of sp³-hybridized carbons (Fsp3) is 0.250. The molecule has 0 saturated carbocycles. The van der Waals surface area contributed by atoms with E-state index in [0.29, 0.717) is 11.4 Å². The molecular formula is C20H22N2O5. The molecule has 0 spiro atoms. The van der Waals surface area contributed by atoms with Crippen LogP contribution in [0.2, 0.25) is 0 Å². The third kappa shape index (κ3) is 5.57. The van der Waals surface area contributed by atoms with Gasteiger partial charge >= 0.3 is 12.0 Å². The molecule has 27 heavy (non-hydrogen) atoms. The number of rotatable bonds is 5. The van der Waals surface area contributed by atoms with E-state index >= 15 is 0 Å². The number of hydrogen-bond donors (Lipinski definition) is 2. The fourth-order valence-electron chi connectivity index (χ4n) is 2.31. The maximum absolute atomic E-state index is 12.0. The normalized spacial score (nSPS) is 10.1. The van der Waals surface area contributed by atoms with E-state index in [9.17, 15) is 14.4 Å². The van der Waals surface area contributed by atoms with E-state index in [1.54, 1.807) is 24.3 Å². The average molecular weight is 370 g/mol. The molecule has 0 bridgehead atoms. The maximum Gasteiger partial charge on any atom is 0.338 e. The summed E-state index contributed by atoms with van der Waals surface area (Å²) in [5.41, 5.74) is 3.80. The highest BCUT2D eigenvalue weighted by Gasteiger charge is 2.14. The second kappa shape index (κ2) is 8.84. The van der Waals surface area contributed by atoms with Crippen LogP contribution in [-0.4, -0.2) is 31.6 Å². The van der Waals surface area contributed by atoms with Gasteiger partial charge in [0, 0.05) is 5.69 Å². The average Bonchev–Trinajstić information content (AvgIpc) is 2.63. The van der Waals surface area contributed by atoms with Gasteiger partial charge in [-0.15, -0.1) is 0 Å². The second-order valence-corrected chi connectivity index (χ2v) is 6.06. The second-order valence-electron chi connectivity index (χ2n) is 6.06. The van der Waals surface area contributed by atoms with E-state index < -0.39 is 24.5 Å². The molecule has 0 fully saturated rings. The lowest BCUT2D eigenvalue weighted by atomic mass is 10.1. The highest BCUT2D eigenvalue weighted by atomic mass is 16.5. The van der Waals surface area contributed by atoms with Crippen molar-refractivity contribution in [2.24, 2.45) is 0 Å². The lowest BCUT2D eigenvalue weighted by molar-refractivity contribution is -0.123. The van der Waals surface area contributed by atoms with Gasteiger partial charge < -0.3 is 14.8 Å². The van der Waals surface area contributed by atoms with Crippen LogP contribution in [0.3, 0.4) is 0 Å². The highest BCUT2D eigenvalue weighted by Crippen LogP contribution is 2.19. The number of amides is 3. The molecule has 142 valence electrons. The van der Waals surface area contributed by atoms with Gasteiger partial charge in [-0.25, -0.2) is 9.59 Å². The van der Waals surface area contributed by atoms with Crippen LogP contribution in [0.5, 0.6) is 5.75 Å².